The van der Waals surface area contributed by atoms with Crippen LogP contribution >= 0.6 is 11.6 Å². The molecule has 2 amide bonds. The van der Waals surface area contributed by atoms with Crippen molar-refractivity contribution in [2.24, 2.45) is 0 Å². The molecule has 1 aromatic carbocycles. The molecule has 1 heterocycles. The van der Waals surface area contributed by atoms with E-state index in [0.717, 1.165) is 5.56 Å². The maximum absolute atomic E-state index is 11.7. The molecule has 1 unspecified atom stereocenters. The Kier molecular flexibility index (Phi) is 3.33. The summed E-state index contributed by atoms with van der Waals surface area (Å²) in [5, 5.41) is 3.18. The minimum Gasteiger partial charge on any atom is -0.345 e. The van der Waals surface area contributed by atoms with Gasteiger partial charge >= 0.3 is 0 Å². The van der Waals surface area contributed by atoms with E-state index < -0.39 is 0 Å². The molecule has 0 aromatic heterocycles. The highest BCUT2D eigenvalue weighted by atomic mass is 35.5. The minimum atomic E-state index is -0.120. The van der Waals surface area contributed by atoms with Crippen molar-refractivity contribution >= 4 is 23.4 Å². The van der Waals surface area contributed by atoms with E-state index in [0.29, 0.717) is 5.02 Å². The van der Waals surface area contributed by atoms with Crippen LogP contribution in [0, 0.1) is 0 Å². The van der Waals surface area contributed by atoms with Crippen LogP contribution in [0.3, 0.4) is 0 Å². The van der Waals surface area contributed by atoms with Gasteiger partial charge in [0.2, 0.25) is 11.8 Å². The normalized spacial score (nSPS) is 17.9. The predicted molar refractivity (Wildman–Crippen MR) is 64.6 cm³/mol. The Morgan fingerprint density at radius 1 is 1.29 bits per heavy atom. The summed E-state index contributed by atoms with van der Waals surface area (Å²) in [5.41, 5.74) is 0.970. The number of hydrogen-bond donors (Lipinski definition) is 1. The monoisotopic (exact) mass is 252 g/mol. The van der Waals surface area contributed by atoms with Gasteiger partial charge in [-0.1, -0.05) is 23.7 Å². The van der Waals surface area contributed by atoms with Gasteiger partial charge in [-0.05, 0) is 24.6 Å². The van der Waals surface area contributed by atoms with Gasteiger partial charge in [0.1, 0.15) is 6.54 Å². The molecule has 0 radical (unpaired) electrons. The van der Waals surface area contributed by atoms with Crippen LogP contribution in [0.5, 0.6) is 0 Å². The van der Waals surface area contributed by atoms with E-state index in [1.807, 2.05) is 19.1 Å². The number of rotatable bonds is 2. The number of nitrogens with one attached hydrogen (secondary N) is 1. The summed E-state index contributed by atoms with van der Waals surface area (Å²) in [6.45, 7) is 2.10. The van der Waals surface area contributed by atoms with Crippen molar-refractivity contribution < 1.29 is 9.59 Å². The Labute approximate surface area is 105 Å². The maximum atomic E-state index is 11.7. The molecule has 90 valence electrons. The largest absolute Gasteiger partial charge is 0.345 e. The van der Waals surface area contributed by atoms with Gasteiger partial charge in [-0.15, -0.1) is 0 Å². The van der Waals surface area contributed by atoms with E-state index >= 15 is 0 Å². The molecular weight excluding hydrogens is 240 g/mol. The molecule has 1 atom stereocenters. The molecule has 4 nitrogen and oxygen atoms in total. The van der Waals surface area contributed by atoms with E-state index in [9.17, 15) is 9.59 Å². The first-order valence-electron chi connectivity index (χ1n) is 5.39. The third-order valence-corrected chi connectivity index (χ3v) is 3.14. The highest BCUT2D eigenvalue weighted by Gasteiger charge is 2.27. The van der Waals surface area contributed by atoms with E-state index in [4.69, 9.17) is 11.6 Å². The number of piperazine rings is 1. The molecule has 1 N–H and O–H groups in total. The first kappa shape index (κ1) is 11.9. The predicted octanol–water partition coefficient (Wildman–Crippen LogP) is 1.36. The van der Waals surface area contributed by atoms with Crippen LogP contribution in [0.2, 0.25) is 5.02 Å². The number of nitrogens with zero attached hydrogens (tertiary/aromatic N) is 1. The molecule has 1 aromatic rings. The molecule has 2 rings (SSSR count). The van der Waals surface area contributed by atoms with Crippen molar-refractivity contribution in [2.45, 2.75) is 13.0 Å². The summed E-state index contributed by atoms with van der Waals surface area (Å²) in [4.78, 5) is 24.6. The molecule has 1 saturated heterocycles. The Bertz CT molecular complexity index is 444. The molecule has 1 aliphatic heterocycles. The average molecular weight is 253 g/mol. The van der Waals surface area contributed by atoms with Crippen LogP contribution in [0.25, 0.3) is 0 Å². The summed E-state index contributed by atoms with van der Waals surface area (Å²) >= 11 is 5.81. The average Bonchev–Trinajstić information content (AvgIpc) is 2.32. The lowest BCUT2D eigenvalue weighted by atomic mass is 10.1. The van der Waals surface area contributed by atoms with E-state index in [1.165, 1.54) is 0 Å². The number of halogens is 1. The molecule has 0 saturated carbocycles. The van der Waals surface area contributed by atoms with E-state index in [-0.39, 0.29) is 30.9 Å². The van der Waals surface area contributed by atoms with Gasteiger partial charge in [-0.2, -0.15) is 0 Å². The Morgan fingerprint density at radius 2 is 1.94 bits per heavy atom. The van der Waals surface area contributed by atoms with Gasteiger partial charge in [0.05, 0.1) is 12.6 Å². The molecule has 1 fully saturated rings. The molecular formula is C12H13ClN2O2. The van der Waals surface area contributed by atoms with Gasteiger partial charge in [-0.25, -0.2) is 0 Å². The van der Waals surface area contributed by atoms with Gasteiger partial charge in [0.25, 0.3) is 0 Å². The Hall–Kier alpha value is -1.55. The number of carbonyl (C=O) groups excluding carboxylic acids is 2. The Balaban J connectivity index is 2.18. The quantitative estimate of drug-likeness (QED) is 0.864. The van der Waals surface area contributed by atoms with Crippen molar-refractivity contribution in [3.63, 3.8) is 0 Å². The summed E-state index contributed by atoms with van der Waals surface area (Å²) in [6, 6.07) is 7.18. The molecule has 17 heavy (non-hydrogen) atoms. The van der Waals surface area contributed by atoms with Crippen LogP contribution in [-0.4, -0.2) is 29.8 Å². The first-order valence-corrected chi connectivity index (χ1v) is 5.77. The van der Waals surface area contributed by atoms with Crippen LogP contribution in [0.4, 0.5) is 0 Å². The lowest BCUT2D eigenvalue weighted by Gasteiger charge is -2.32. The minimum absolute atomic E-state index is 0.0629. The van der Waals surface area contributed by atoms with E-state index in [2.05, 4.69) is 5.32 Å². The SMILES string of the molecule is CC(c1ccc(Cl)cc1)N1CC(=O)NCC1=O. The number of hydrogen-bond acceptors (Lipinski definition) is 2. The standard InChI is InChI=1S/C12H13ClN2O2/c1-8(9-2-4-10(13)5-3-9)15-7-11(16)14-6-12(15)17/h2-5,8H,6-7H2,1H3,(H,14,16). The van der Waals surface area contributed by atoms with Crippen LogP contribution in [0.15, 0.2) is 24.3 Å². The summed E-state index contributed by atoms with van der Waals surface area (Å²) in [7, 11) is 0. The fourth-order valence-corrected chi connectivity index (χ4v) is 1.97. The summed E-state index contributed by atoms with van der Waals surface area (Å²) in [6.07, 6.45) is 0. The van der Waals surface area contributed by atoms with Crippen LogP contribution < -0.4 is 5.32 Å². The highest BCUT2D eigenvalue weighted by Crippen LogP contribution is 2.22. The zero-order chi connectivity index (χ0) is 12.4. The smallest absolute Gasteiger partial charge is 0.242 e. The fraction of sp³-hybridized carbons (Fsp3) is 0.333. The van der Waals surface area contributed by atoms with Gasteiger partial charge in [0.15, 0.2) is 0 Å². The third kappa shape index (κ3) is 2.58. The fourth-order valence-electron chi connectivity index (χ4n) is 1.85. The third-order valence-electron chi connectivity index (χ3n) is 2.89. The Morgan fingerprint density at radius 3 is 2.59 bits per heavy atom. The second-order valence-electron chi connectivity index (χ2n) is 4.03. The first-order chi connectivity index (χ1) is 8.08. The molecule has 0 spiro atoms. The van der Waals surface area contributed by atoms with Crippen molar-refractivity contribution in [3.05, 3.63) is 34.9 Å². The van der Waals surface area contributed by atoms with Gasteiger partial charge in [0, 0.05) is 5.02 Å². The number of carbonyl (C=O) groups is 2. The van der Waals surface area contributed by atoms with E-state index in [1.54, 1.807) is 17.0 Å². The van der Waals surface area contributed by atoms with Crippen molar-refractivity contribution in [1.82, 2.24) is 10.2 Å². The summed E-state index contributed by atoms with van der Waals surface area (Å²) < 4.78 is 0. The molecule has 0 aliphatic carbocycles. The lowest BCUT2D eigenvalue weighted by molar-refractivity contribution is -0.142. The zero-order valence-corrected chi connectivity index (χ0v) is 10.2. The van der Waals surface area contributed by atoms with Crippen LogP contribution in [0.1, 0.15) is 18.5 Å². The number of amides is 2. The summed E-state index contributed by atoms with van der Waals surface area (Å²) in [5.74, 6) is -0.183. The van der Waals surface area contributed by atoms with Crippen molar-refractivity contribution in [3.8, 4) is 0 Å². The van der Waals surface area contributed by atoms with Gasteiger partial charge in [-0.3, -0.25) is 9.59 Å². The second kappa shape index (κ2) is 4.75. The maximum Gasteiger partial charge on any atom is 0.242 e. The van der Waals surface area contributed by atoms with Gasteiger partial charge < -0.3 is 10.2 Å². The topological polar surface area (TPSA) is 49.4 Å². The molecule has 0 bridgehead atoms. The lowest BCUT2D eigenvalue weighted by Crippen LogP contribution is -2.52. The van der Waals surface area contributed by atoms with Crippen molar-refractivity contribution in [1.29, 1.82) is 0 Å². The van der Waals surface area contributed by atoms with Crippen LogP contribution in [-0.2, 0) is 9.59 Å². The molecule has 5 heteroatoms. The number of benzene rings is 1. The zero-order valence-electron chi connectivity index (χ0n) is 9.44. The highest BCUT2D eigenvalue weighted by molar-refractivity contribution is 6.30. The molecule has 1 aliphatic rings. The van der Waals surface area contributed by atoms with Crippen molar-refractivity contribution in [2.75, 3.05) is 13.1 Å². The second-order valence-corrected chi connectivity index (χ2v) is 4.46.